The van der Waals surface area contributed by atoms with E-state index in [1.165, 1.54) is 12.4 Å². The summed E-state index contributed by atoms with van der Waals surface area (Å²) in [5.74, 6) is 0.00657. The largest absolute Gasteiger partial charge is 0.476 e. The molecule has 0 spiro atoms. The van der Waals surface area contributed by atoms with E-state index in [0.717, 1.165) is 5.69 Å². The number of hydrogen-bond acceptors (Lipinski definition) is 7. The molecule has 0 aliphatic heterocycles. The number of hydrogen-bond donors (Lipinski definition) is 2. The van der Waals surface area contributed by atoms with Gasteiger partial charge in [-0.1, -0.05) is 0 Å². The zero-order valence-corrected chi connectivity index (χ0v) is 11.1. The van der Waals surface area contributed by atoms with Crippen LogP contribution in [-0.4, -0.2) is 45.1 Å². The van der Waals surface area contributed by atoms with Crippen molar-refractivity contribution >= 4 is 17.7 Å². The minimum atomic E-state index is -1.10. The first kappa shape index (κ1) is 13.7. The lowest BCUT2D eigenvalue weighted by molar-refractivity contribution is 0.0690. The maximum atomic E-state index is 10.6. The van der Waals surface area contributed by atoms with Crippen LogP contribution < -0.4 is 10.2 Å². The monoisotopic (exact) mass is 274 g/mol. The number of anilines is 2. The molecule has 8 heteroatoms. The maximum Gasteiger partial charge on any atom is 0.356 e. The standard InChI is InChI=1S/C12H14N6O2/c1-18(2)12-13-4-3-8(17-12)5-15-10-7-14-9(6-16-10)11(19)20/h3-4,6-7H,5H2,1-2H3,(H,15,16)(H,19,20). The molecule has 0 aliphatic carbocycles. The minimum Gasteiger partial charge on any atom is -0.476 e. The highest BCUT2D eigenvalue weighted by atomic mass is 16.4. The highest BCUT2D eigenvalue weighted by Gasteiger charge is 2.05. The van der Waals surface area contributed by atoms with Gasteiger partial charge in [-0.3, -0.25) is 0 Å². The van der Waals surface area contributed by atoms with Crippen molar-refractivity contribution in [3.63, 3.8) is 0 Å². The Morgan fingerprint density at radius 2 is 2.10 bits per heavy atom. The minimum absolute atomic E-state index is 0.0903. The van der Waals surface area contributed by atoms with E-state index in [0.29, 0.717) is 18.3 Å². The summed E-state index contributed by atoms with van der Waals surface area (Å²) in [5.41, 5.74) is 0.709. The van der Waals surface area contributed by atoms with Crippen molar-refractivity contribution in [2.24, 2.45) is 0 Å². The molecule has 0 aliphatic rings. The summed E-state index contributed by atoms with van der Waals surface area (Å²) in [6.07, 6.45) is 4.26. The van der Waals surface area contributed by atoms with Crippen LogP contribution in [0.1, 0.15) is 16.2 Å². The lowest BCUT2D eigenvalue weighted by Gasteiger charge is -2.11. The molecule has 0 aromatic carbocycles. The second kappa shape index (κ2) is 5.91. The third kappa shape index (κ3) is 3.37. The first-order chi connectivity index (χ1) is 9.56. The Morgan fingerprint density at radius 3 is 2.70 bits per heavy atom. The quantitative estimate of drug-likeness (QED) is 0.818. The van der Waals surface area contributed by atoms with E-state index in [2.05, 4.69) is 25.3 Å². The predicted molar refractivity (Wildman–Crippen MR) is 72.7 cm³/mol. The van der Waals surface area contributed by atoms with Crippen LogP contribution >= 0.6 is 0 Å². The van der Waals surface area contributed by atoms with Crippen LogP contribution in [0.25, 0.3) is 0 Å². The van der Waals surface area contributed by atoms with E-state index in [9.17, 15) is 4.79 Å². The second-order valence-electron chi connectivity index (χ2n) is 4.19. The van der Waals surface area contributed by atoms with Gasteiger partial charge in [-0.25, -0.2) is 24.7 Å². The van der Waals surface area contributed by atoms with Crippen LogP contribution in [-0.2, 0) is 6.54 Å². The molecule has 0 saturated carbocycles. The number of carboxylic acid groups (broad SMARTS) is 1. The molecule has 2 rings (SSSR count). The van der Waals surface area contributed by atoms with Crippen LogP contribution in [0.4, 0.5) is 11.8 Å². The van der Waals surface area contributed by atoms with Gasteiger partial charge in [0.2, 0.25) is 5.95 Å². The number of carbonyl (C=O) groups is 1. The van der Waals surface area contributed by atoms with Gasteiger partial charge in [-0.15, -0.1) is 0 Å². The molecule has 8 nitrogen and oxygen atoms in total. The van der Waals surface area contributed by atoms with Crippen molar-refractivity contribution < 1.29 is 9.90 Å². The number of aromatic carboxylic acids is 1. The van der Waals surface area contributed by atoms with Crippen molar-refractivity contribution in [1.29, 1.82) is 0 Å². The fourth-order valence-corrected chi connectivity index (χ4v) is 1.41. The van der Waals surface area contributed by atoms with E-state index in [1.54, 1.807) is 12.3 Å². The topological polar surface area (TPSA) is 104 Å². The lowest BCUT2D eigenvalue weighted by Crippen LogP contribution is -2.14. The Kier molecular flexibility index (Phi) is 4.04. The van der Waals surface area contributed by atoms with E-state index in [4.69, 9.17) is 5.11 Å². The van der Waals surface area contributed by atoms with Gasteiger partial charge in [0.1, 0.15) is 5.82 Å². The number of carboxylic acids is 1. The van der Waals surface area contributed by atoms with Gasteiger partial charge in [-0.05, 0) is 6.07 Å². The Hall–Kier alpha value is -2.77. The van der Waals surface area contributed by atoms with Crippen LogP contribution in [0, 0.1) is 0 Å². The van der Waals surface area contributed by atoms with Gasteiger partial charge in [0.25, 0.3) is 0 Å². The van der Waals surface area contributed by atoms with E-state index >= 15 is 0 Å². The number of aromatic nitrogens is 4. The summed E-state index contributed by atoms with van der Waals surface area (Å²) in [7, 11) is 3.73. The van der Waals surface area contributed by atoms with Gasteiger partial charge in [0.05, 0.1) is 24.6 Å². The molecule has 0 radical (unpaired) electrons. The van der Waals surface area contributed by atoms with Crippen molar-refractivity contribution in [2.45, 2.75) is 6.54 Å². The molecule has 0 unspecified atom stereocenters. The molecule has 20 heavy (non-hydrogen) atoms. The zero-order valence-electron chi connectivity index (χ0n) is 11.1. The molecule has 0 atom stereocenters. The van der Waals surface area contributed by atoms with Gasteiger partial charge in [-0.2, -0.15) is 0 Å². The molecular weight excluding hydrogens is 260 g/mol. The van der Waals surface area contributed by atoms with E-state index in [1.807, 2.05) is 19.0 Å². The first-order valence-corrected chi connectivity index (χ1v) is 5.84. The molecule has 2 aromatic heterocycles. The fraction of sp³-hybridized carbons (Fsp3) is 0.250. The summed E-state index contributed by atoms with van der Waals surface area (Å²) in [6, 6.07) is 1.79. The van der Waals surface area contributed by atoms with Crippen LogP contribution in [0.2, 0.25) is 0 Å². The van der Waals surface area contributed by atoms with Gasteiger partial charge >= 0.3 is 5.97 Å². The number of nitrogens with one attached hydrogen (secondary N) is 1. The number of nitrogens with zero attached hydrogens (tertiary/aromatic N) is 5. The van der Waals surface area contributed by atoms with Gasteiger partial charge in [0, 0.05) is 20.3 Å². The van der Waals surface area contributed by atoms with Crippen molar-refractivity contribution in [3.05, 3.63) is 36.0 Å². The van der Waals surface area contributed by atoms with E-state index < -0.39 is 5.97 Å². The molecule has 0 saturated heterocycles. The molecule has 104 valence electrons. The lowest BCUT2D eigenvalue weighted by atomic mass is 10.4. The highest BCUT2D eigenvalue weighted by Crippen LogP contribution is 2.06. The first-order valence-electron chi connectivity index (χ1n) is 5.84. The smallest absolute Gasteiger partial charge is 0.356 e. The van der Waals surface area contributed by atoms with E-state index in [-0.39, 0.29) is 5.69 Å². The Morgan fingerprint density at radius 1 is 1.30 bits per heavy atom. The van der Waals surface area contributed by atoms with Crippen molar-refractivity contribution in [1.82, 2.24) is 19.9 Å². The molecule has 2 aromatic rings. The van der Waals surface area contributed by atoms with Crippen LogP contribution in [0.15, 0.2) is 24.7 Å². The summed E-state index contributed by atoms with van der Waals surface area (Å²) in [5, 5.41) is 11.7. The predicted octanol–water partition coefficient (Wildman–Crippen LogP) is 0.643. The average Bonchev–Trinajstić information content (AvgIpc) is 2.46. The summed E-state index contributed by atoms with van der Waals surface area (Å²) in [4.78, 5) is 28.7. The van der Waals surface area contributed by atoms with Crippen LogP contribution in [0.5, 0.6) is 0 Å². The average molecular weight is 274 g/mol. The van der Waals surface area contributed by atoms with Crippen LogP contribution in [0.3, 0.4) is 0 Å². The highest BCUT2D eigenvalue weighted by molar-refractivity contribution is 5.84. The third-order valence-corrected chi connectivity index (χ3v) is 2.42. The summed E-state index contributed by atoms with van der Waals surface area (Å²) < 4.78 is 0. The second-order valence-corrected chi connectivity index (χ2v) is 4.19. The normalized spacial score (nSPS) is 10.1. The zero-order chi connectivity index (χ0) is 14.5. The SMILES string of the molecule is CN(C)c1nccc(CNc2cnc(C(=O)O)cn2)n1. The Labute approximate surface area is 115 Å². The summed E-state index contributed by atoms with van der Waals surface area (Å²) in [6.45, 7) is 0.449. The maximum absolute atomic E-state index is 10.6. The summed E-state index contributed by atoms with van der Waals surface area (Å²) >= 11 is 0. The molecular formula is C12H14N6O2. The third-order valence-electron chi connectivity index (χ3n) is 2.42. The Bertz CT molecular complexity index is 599. The molecule has 2 N–H and O–H groups in total. The number of rotatable bonds is 5. The Balaban J connectivity index is 2.01. The van der Waals surface area contributed by atoms with Gasteiger partial charge < -0.3 is 15.3 Å². The van der Waals surface area contributed by atoms with Crippen molar-refractivity contribution in [2.75, 3.05) is 24.3 Å². The molecule has 0 amide bonds. The molecule has 0 fully saturated rings. The molecule has 0 bridgehead atoms. The van der Waals surface area contributed by atoms with Gasteiger partial charge in [0.15, 0.2) is 5.69 Å². The van der Waals surface area contributed by atoms with Crippen molar-refractivity contribution in [3.8, 4) is 0 Å². The molecule has 2 heterocycles. The fourth-order valence-electron chi connectivity index (χ4n) is 1.41.